The zero-order valence-electron chi connectivity index (χ0n) is 11.7. The summed E-state index contributed by atoms with van der Waals surface area (Å²) in [5.74, 6) is 0. The van der Waals surface area contributed by atoms with E-state index in [1.807, 2.05) is 0 Å². The van der Waals surface area contributed by atoms with Crippen molar-refractivity contribution in [1.29, 1.82) is 0 Å². The van der Waals surface area contributed by atoms with Gasteiger partial charge in [0.25, 0.3) is 20.2 Å². The quantitative estimate of drug-likeness (QED) is 0.760. The van der Waals surface area contributed by atoms with E-state index in [1.54, 1.807) is 12.1 Å². The molecule has 0 bridgehead atoms. The maximum absolute atomic E-state index is 11.6. The third-order valence-corrected chi connectivity index (χ3v) is 4.78. The number of ether oxygens (including phenoxy) is 1. The lowest BCUT2D eigenvalue weighted by Gasteiger charge is -2.21. The van der Waals surface area contributed by atoms with Crippen molar-refractivity contribution in [3.8, 4) is 0 Å². The van der Waals surface area contributed by atoms with Crippen LogP contribution in [-0.2, 0) is 25.0 Å². The van der Waals surface area contributed by atoms with Gasteiger partial charge in [0.2, 0.25) is 10.9 Å². The third-order valence-electron chi connectivity index (χ3n) is 2.93. The van der Waals surface area contributed by atoms with Crippen molar-refractivity contribution >= 4 is 20.2 Å². The van der Waals surface area contributed by atoms with Crippen LogP contribution in [0.5, 0.6) is 0 Å². The second kappa shape index (κ2) is 6.77. The van der Waals surface area contributed by atoms with E-state index < -0.39 is 31.1 Å². The van der Waals surface area contributed by atoms with Crippen LogP contribution in [0.15, 0.2) is 60.7 Å². The fraction of sp³-hybridized carbons (Fsp3) is 0.143. The van der Waals surface area contributed by atoms with E-state index in [1.165, 1.54) is 48.5 Å². The van der Waals surface area contributed by atoms with Crippen molar-refractivity contribution < 1.29 is 30.7 Å². The minimum absolute atomic E-state index is 0.0274. The molecule has 0 aliphatic heterocycles. The molecule has 0 saturated carbocycles. The zero-order valence-corrected chi connectivity index (χ0v) is 13.3. The fourth-order valence-electron chi connectivity index (χ4n) is 1.97. The van der Waals surface area contributed by atoms with E-state index in [2.05, 4.69) is 0 Å². The Morgan fingerprint density at radius 3 is 1.22 bits per heavy atom. The molecule has 0 amide bonds. The van der Waals surface area contributed by atoms with Gasteiger partial charge >= 0.3 is 0 Å². The summed E-state index contributed by atoms with van der Waals surface area (Å²) < 4.78 is 70.1. The summed E-state index contributed by atoms with van der Waals surface area (Å²) in [6.45, 7) is 0. The van der Waals surface area contributed by atoms with E-state index in [4.69, 9.17) is 4.74 Å². The van der Waals surface area contributed by atoms with Crippen LogP contribution >= 0.6 is 0 Å². The van der Waals surface area contributed by atoms with Gasteiger partial charge in [-0.05, 0) is 11.1 Å². The molecule has 2 unspecified atom stereocenters. The number of benzene rings is 2. The van der Waals surface area contributed by atoms with Gasteiger partial charge in [-0.15, -0.1) is 0 Å². The summed E-state index contributed by atoms with van der Waals surface area (Å²) in [6.07, 6.45) is 0. The maximum Gasteiger partial charge on any atom is 0.296 e. The topological polar surface area (TPSA) is 118 Å². The summed E-state index contributed by atoms with van der Waals surface area (Å²) in [5.41, 5.74) is -3.87. The Kier molecular flexibility index (Phi) is 5.17. The van der Waals surface area contributed by atoms with E-state index in [0.29, 0.717) is 0 Å². The van der Waals surface area contributed by atoms with Gasteiger partial charge in [-0.3, -0.25) is 9.11 Å². The minimum Gasteiger partial charge on any atom is -0.328 e. The largest absolute Gasteiger partial charge is 0.328 e. The number of hydrogen-bond donors (Lipinski definition) is 2. The first-order valence-electron chi connectivity index (χ1n) is 6.37. The van der Waals surface area contributed by atoms with Crippen LogP contribution in [0.1, 0.15) is 22.0 Å². The molecule has 9 heteroatoms. The molecule has 0 aliphatic rings. The average molecular weight is 358 g/mol. The Morgan fingerprint density at radius 1 is 0.652 bits per heavy atom. The molecule has 124 valence electrons. The fourth-order valence-corrected chi connectivity index (χ4v) is 3.55. The molecule has 0 spiro atoms. The lowest BCUT2D eigenvalue weighted by atomic mass is 10.2. The second-order valence-electron chi connectivity index (χ2n) is 4.65. The number of hydrogen-bond acceptors (Lipinski definition) is 5. The third kappa shape index (κ3) is 4.60. The molecule has 0 heterocycles. The van der Waals surface area contributed by atoms with Crippen LogP contribution in [-0.4, -0.2) is 25.9 Å². The Balaban J connectivity index is 2.48. The normalized spacial score (nSPS) is 15.0. The molecule has 2 aromatic carbocycles. The van der Waals surface area contributed by atoms with Crippen LogP contribution in [0.2, 0.25) is 0 Å². The van der Waals surface area contributed by atoms with Crippen LogP contribution < -0.4 is 0 Å². The lowest BCUT2D eigenvalue weighted by molar-refractivity contribution is 0.0673. The van der Waals surface area contributed by atoms with E-state index >= 15 is 0 Å². The van der Waals surface area contributed by atoms with Crippen LogP contribution in [0.3, 0.4) is 0 Å². The lowest BCUT2D eigenvalue weighted by Crippen LogP contribution is -2.23. The highest BCUT2D eigenvalue weighted by molar-refractivity contribution is 7.86. The highest BCUT2D eigenvalue weighted by Gasteiger charge is 2.35. The molecule has 0 aliphatic carbocycles. The predicted octanol–water partition coefficient (Wildman–Crippen LogP) is 2.18. The minimum atomic E-state index is -4.78. The average Bonchev–Trinajstić information content (AvgIpc) is 2.47. The van der Waals surface area contributed by atoms with Gasteiger partial charge in [0.15, 0.2) is 0 Å². The molecular weight excluding hydrogens is 344 g/mol. The summed E-state index contributed by atoms with van der Waals surface area (Å²) in [5, 5.41) is 0. The Bertz CT molecular complexity index is 773. The second-order valence-corrected chi connectivity index (χ2v) is 7.57. The molecule has 2 aromatic rings. The van der Waals surface area contributed by atoms with Gasteiger partial charge in [0.1, 0.15) is 0 Å². The number of rotatable bonds is 6. The Labute approximate surface area is 134 Å². The first-order chi connectivity index (χ1) is 10.7. The molecule has 23 heavy (non-hydrogen) atoms. The first-order valence-corrected chi connectivity index (χ1v) is 9.38. The standard InChI is InChI=1S/C14H14O7S2/c15-22(16,17)13(11-7-3-1-4-8-11)21-14(23(18,19)20)12-9-5-2-6-10-12/h1-10,13-14H,(H,15,16,17)(H,18,19,20). The van der Waals surface area contributed by atoms with Crippen LogP contribution in [0.25, 0.3) is 0 Å². The molecular formula is C14H14O7S2. The molecule has 2 atom stereocenters. The Morgan fingerprint density at radius 2 is 0.957 bits per heavy atom. The highest BCUT2D eigenvalue weighted by Crippen LogP contribution is 2.33. The van der Waals surface area contributed by atoms with Crippen LogP contribution in [0.4, 0.5) is 0 Å². The summed E-state index contributed by atoms with van der Waals surface area (Å²) >= 11 is 0. The molecule has 0 aromatic heterocycles. The van der Waals surface area contributed by atoms with Crippen LogP contribution in [0, 0.1) is 0 Å². The van der Waals surface area contributed by atoms with Crippen molar-refractivity contribution in [2.24, 2.45) is 0 Å². The van der Waals surface area contributed by atoms with Crippen molar-refractivity contribution in [3.05, 3.63) is 71.8 Å². The van der Waals surface area contributed by atoms with Crippen molar-refractivity contribution in [1.82, 2.24) is 0 Å². The Hall–Kier alpha value is -1.78. The van der Waals surface area contributed by atoms with Gasteiger partial charge in [-0.2, -0.15) is 16.8 Å². The van der Waals surface area contributed by atoms with E-state index in [9.17, 15) is 25.9 Å². The van der Waals surface area contributed by atoms with Gasteiger partial charge in [-0.25, -0.2) is 0 Å². The van der Waals surface area contributed by atoms with Gasteiger partial charge in [-0.1, -0.05) is 60.7 Å². The predicted molar refractivity (Wildman–Crippen MR) is 82.5 cm³/mol. The van der Waals surface area contributed by atoms with E-state index in [0.717, 1.165) is 0 Å². The smallest absolute Gasteiger partial charge is 0.296 e. The summed E-state index contributed by atoms with van der Waals surface area (Å²) in [6, 6.07) is 14.6. The zero-order chi connectivity index (χ0) is 17.1. The first kappa shape index (κ1) is 17.6. The SMILES string of the molecule is O=S(=O)(O)C(OC(c1ccccc1)S(=O)(=O)O)c1ccccc1. The molecule has 2 N–H and O–H groups in total. The molecule has 7 nitrogen and oxygen atoms in total. The monoisotopic (exact) mass is 358 g/mol. The van der Waals surface area contributed by atoms with Gasteiger partial charge < -0.3 is 4.74 Å². The molecule has 0 saturated heterocycles. The van der Waals surface area contributed by atoms with Gasteiger partial charge in [0.05, 0.1) is 0 Å². The van der Waals surface area contributed by atoms with E-state index in [-0.39, 0.29) is 11.1 Å². The van der Waals surface area contributed by atoms with Crippen molar-refractivity contribution in [2.75, 3.05) is 0 Å². The highest BCUT2D eigenvalue weighted by atomic mass is 32.2. The molecule has 2 rings (SSSR count). The molecule has 0 fully saturated rings. The maximum atomic E-state index is 11.6. The van der Waals surface area contributed by atoms with Crippen molar-refractivity contribution in [3.63, 3.8) is 0 Å². The summed E-state index contributed by atoms with van der Waals surface area (Å²) in [4.78, 5) is 0. The van der Waals surface area contributed by atoms with Crippen molar-refractivity contribution in [2.45, 2.75) is 10.9 Å². The molecule has 0 radical (unpaired) electrons. The van der Waals surface area contributed by atoms with Gasteiger partial charge in [0, 0.05) is 0 Å². The summed E-state index contributed by atoms with van der Waals surface area (Å²) in [7, 11) is -9.56.